The van der Waals surface area contributed by atoms with Crippen LogP contribution >= 0.6 is 11.6 Å². The summed E-state index contributed by atoms with van der Waals surface area (Å²) in [6.45, 7) is 0.521. The first kappa shape index (κ1) is 12.8. The van der Waals surface area contributed by atoms with Crippen molar-refractivity contribution in [2.45, 2.75) is 6.04 Å². The zero-order valence-electron chi connectivity index (χ0n) is 9.38. The summed E-state index contributed by atoms with van der Waals surface area (Å²) < 4.78 is 5.07. The quantitative estimate of drug-likeness (QED) is 0.799. The van der Waals surface area contributed by atoms with Crippen molar-refractivity contribution in [1.82, 2.24) is 9.88 Å². The number of carbonyl (C=O) groups is 2. The number of carbonyl (C=O) groups excluding carboxylic acids is 1. The molecule has 96 valence electrons. The van der Waals surface area contributed by atoms with Crippen molar-refractivity contribution in [1.29, 1.82) is 0 Å². The van der Waals surface area contributed by atoms with Gasteiger partial charge in [0.05, 0.1) is 18.8 Å². The maximum absolute atomic E-state index is 12.2. The first-order valence-corrected chi connectivity index (χ1v) is 5.71. The van der Waals surface area contributed by atoms with Crippen LogP contribution in [0.2, 0.25) is 5.15 Å². The molecule has 1 saturated heterocycles. The third-order valence-corrected chi connectivity index (χ3v) is 2.97. The zero-order chi connectivity index (χ0) is 13.1. The van der Waals surface area contributed by atoms with Gasteiger partial charge in [-0.1, -0.05) is 11.6 Å². The number of aliphatic carboxylic acids is 1. The second-order valence-electron chi connectivity index (χ2n) is 3.77. The minimum Gasteiger partial charge on any atom is -0.480 e. The summed E-state index contributed by atoms with van der Waals surface area (Å²) in [6, 6.07) is 2.11. The summed E-state index contributed by atoms with van der Waals surface area (Å²) in [7, 11) is 0. The predicted octanol–water partition coefficient (Wildman–Crippen LogP) is 0.661. The lowest BCUT2D eigenvalue weighted by Crippen LogP contribution is -2.52. The van der Waals surface area contributed by atoms with Crippen LogP contribution in [0.1, 0.15) is 10.4 Å². The standard InChI is InChI=1S/C11H11ClN2O4/c12-9-7(2-1-3-13-9)10(15)14-4-5-18-6-8(14)11(16)17/h1-3,8H,4-6H2,(H,16,17). The lowest BCUT2D eigenvalue weighted by molar-refractivity contribution is -0.147. The highest BCUT2D eigenvalue weighted by atomic mass is 35.5. The molecule has 0 bridgehead atoms. The summed E-state index contributed by atoms with van der Waals surface area (Å²) in [6.07, 6.45) is 1.47. The monoisotopic (exact) mass is 270 g/mol. The van der Waals surface area contributed by atoms with E-state index in [0.717, 1.165) is 0 Å². The Morgan fingerprint density at radius 2 is 2.33 bits per heavy atom. The number of hydrogen-bond donors (Lipinski definition) is 1. The molecule has 0 aliphatic carbocycles. The molecule has 1 unspecified atom stereocenters. The van der Waals surface area contributed by atoms with Crippen LogP contribution in [-0.2, 0) is 9.53 Å². The van der Waals surface area contributed by atoms with Crippen LogP contribution in [0.15, 0.2) is 18.3 Å². The average molecular weight is 271 g/mol. The fourth-order valence-corrected chi connectivity index (χ4v) is 1.95. The summed E-state index contributed by atoms with van der Waals surface area (Å²) in [5.41, 5.74) is 0.201. The van der Waals surface area contributed by atoms with E-state index in [1.54, 1.807) is 6.07 Å². The zero-order valence-corrected chi connectivity index (χ0v) is 10.1. The van der Waals surface area contributed by atoms with Crippen LogP contribution in [0.4, 0.5) is 0 Å². The van der Waals surface area contributed by atoms with Crippen molar-refractivity contribution in [3.8, 4) is 0 Å². The number of amides is 1. The van der Waals surface area contributed by atoms with E-state index in [-0.39, 0.29) is 23.9 Å². The van der Waals surface area contributed by atoms with Crippen molar-refractivity contribution in [3.05, 3.63) is 29.0 Å². The molecule has 2 heterocycles. The van der Waals surface area contributed by atoms with Crippen LogP contribution in [0.25, 0.3) is 0 Å². The smallest absolute Gasteiger partial charge is 0.328 e. The number of hydrogen-bond acceptors (Lipinski definition) is 4. The minimum absolute atomic E-state index is 0.0149. The molecule has 1 atom stereocenters. The predicted molar refractivity (Wildman–Crippen MR) is 62.5 cm³/mol. The molecule has 1 aromatic heterocycles. The lowest BCUT2D eigenvalue weighted by Gasteiger charge is -2.32. The van der Waals surface area contributed by atoms with E-state index in [1.165, 1.54) is 17.2 Å². The Bertz CT molecular complexity index is 480. The highest BCUT2D eigenvalue weighted by Gasteiger charge is 2.34. The van der Waals surface area contributed by atoms with Crippen LogP contribution in [0.3, 0.4) is 0 Å². The van der Waals surface area contributed by atoms with Gasteiger partial charge in [-0.05, 0) is 12.1 Å². The van der Waals surface area contributed by atoms with Crippen molar-refractivity contribution in [3.63, 3.8) is 0 Å². The normalized spacial score (nSPS) is 19.6. The topological polar surface area (TPSA) is 79.7 Å². The van der Waals surface area contributed by atoms with Gasteiger partial charge in [-0.2, -0.15) is 0 Å². The van der Waals surface area contributed by atoms with E-state index in [2.05, 4.69) is 4.98 Å². The number of nitrogens with zero attached hydrogens (tertiary/aromatic N) is 2. The number of carboxylic acids is 1. The number of carboxylic acid groups (broad SMARTS) is 1. The van der Waals surface area contributed by atoms with Gasteiger partial charge in [-0.25, -0.2) is 9.78 Å². The Labute approximate surface area is 108 Å². The molecule has 1 amide bonds. The van der Waals surface area contributed by atoms with Crippen LogP contribution in [0, 0.1) is 0 Å². The Morgan fingerprint density at radius 3 is 3.00 bits per heavy atom. The first-order chi connectivity index (χ1) is 8.61. The summed E-state index contributed by atoms with van der Waals surface area (Å²) in [4.78, 5) is 28.3. The molecule has 2 rings (SSSR count). The molecule has 0 saturated carbocycles. The average Bonchev–Trinajstić information content (AvgIpc) is 2.38. The Morgan fingerprint density at radius 1 is 1.56 bits per heavy atom. The SMILES string of the molecule is O=C(O)C1COCCN1C(=O)c1cccnc1Cl. The van der Waals surface area contributed by atoms with Gasteiger partial charge in [-0.15, -0.1) is 0 Å². The Hall–Kier alpha value is -1.66. The number of halogens is 1. The Balaban J connectivity index is 2.27. The number of morpholine rings is 1. The first-order valence-electron chi connectivity index (χ1n) is 5.33. The van der Waals surface area contributed by atoms with Crippen LogP contribution in [-0.4, -0.2) is 52.7 Å². The number of pyridine rings is 1. The van der Waals surface area contributed by atoms with Crippen LogP contribution in [0.5, 0.6) is 0 Å². The summed E-state index contributed by atoms with van der Waals surface area (Å²) >= 11 is 5.83. The van der Waals surface area contributed by atoms with Crippen molar-refractivity contribution < 1.29 is 19.4 Å². The van der Waals surface area contributed by atoms with E-state index < -0.39 is 17.9 Å². The molecule has 0 radical (unpaired) electrons. The van der Waals surface area contributed by atoms with E-state index in [9.17, 15) is 9.59 Å². The molecular weight excluding hydrogens is 260 g/mol. The molecule has 1 aliphatic rings. The van der Waals surface area contributed by atoms with Gasteiger partial charge >= 0.3 is 5.97 Å². The van der Waals surface area contributed by atoms with Crippen molar-refractivity contribution in [2.75, 3.05) is 19.8 Å². The van der Waals surface area contributed by atoms with Gasteiger partial charge in [0.25, 0.3) is 5.91 Å². The molecule has 7 heteroatoms. The second-order valence-corrected chi connectivity index (χ2v) is 4.13. The van der Waals surface area contributed by atoms with Gasteiger partial charge in [0.1, 0.15) is 5.15 Å². The van der Waals surface area contributed by atoms with Gasteiger partial charge in [0, 0.05) is 12.7 Å². The van der Waals surface area contributed by atoms with Gasteiger partial charge < -0.3 is 14.7 Å². The fourth-order valence-electron chi connectivity index (χ4n) is 1.75. The number of rotatable bonds is 2. The molecule has 0 spiro atoms. The molecule has 6 nitrogen and oxygen atoms in total. The maximum Gasteiger partial charge on any atom is 0.328 e. The van der Waals surface area contributed by atoms with E-state index in [4.69, 9.17) is 21.4 Å². The van der Waals surface area contributed by atoms with Crippen molar-refractivity contribution in [2.24, 2.45) is 0 Å². The lowest BCUT2D eigenvalue weighted by atomic mass is 10.1. The molecule has 18 heavy (non-hydrogen) atoms. The van der Waals surface area contributed by atoms with Crippen molar-refractivity contribution >= 4 is 23.5 Å². The highest BCUT2D eigenvalue weighted by molar-refractivity contribution is 6.32. The van der Waals surface area contributed by atoms with E-state index in [0.29, 0.717) is 6.61 Å². The van der Waals surface area contributed by atoms with Gasteiger partial charge in [0.15, 0.2) is 6.04 Å². The maximum atomic E-state index is 12.2. The third-order valence-electron chi connectivity index (χ3n) is 2.66. The largest absolute Gasteiger partial charge is 0.480 e. The Kier molecular flexibility index (Phi) is 3.78. The highest BCUT2D eigenvalue weighted by Crippen LogP contribution is 2.17. The minimum atomic E-state index is -1.09. The fraction of sp³-hybridized carbons (Fsp3) is 0.364. The van der Waals surface area contributed by atoms with Gasteiger partial charge in [0.2, 0.25) is 0 Å². The molecule has 1 N–H and O–H groups in total. The van der Waals surface area contributed by atoms with E-state index in [1.807, 2.05) is 0 Å². The second kappa shape index (κ2) is 5.32. The number of ether oxygens (including phenoxy) is 1. The molecular formula is C11H11ClN2O4. The summed E-state index contributed by atoms with van der Waals surface area (Å²) in [5, 5.41) is 9.12. The molecule has 1 aromatic rings. The summed E-state index contributed by atoms with van der Waals surface area (Å²) in [5.74, 6) is -1.54. The van der Waals surface area contributed by atoms with Gasteiger partial charge in [-0.3, -0.25) is 4.79 Å². The van der Waals surface area contributed by atoms with Crippen LogP contribution < -0.4 is 0 Å². The third kappa shape index (κ3) is 2.44. The molecule has 0 aromatic carbocycles. The van der Waals surface area contributed by atoms with E-state index >= 15 is 0 Å². The number of aromatic nitrogens is 1. The molecule has 1 fully saturated rings. The molecule has 1 aliphatic heterocycles.